The van der Waals surface area contributed by atoms with Gasteiger partial charge in [-0.3, -0.25) is 4.98 Å². The van der Waals surface area contributed by atoms with E-state index >= 15 is 0 Å². The summed E-state index contributed by atoms with van der Waals surface area (Å²) in [6, 6.07) is 11.4. The molecule has 6 heteroatoms. The maximum atomic E-state index is 8.66. The second kappa shape index (κ2) is 7.14. The molecule has 0 unspecified atom stereocenters. The third kappa shape index (κ3) is 4.10. The molecule has 0 fully saturated rings. The van der Waals surface area contributed by atoms with Gasteiger partial charge < -0.3 is 21.0 Å². The summed E-state index contributed by atoms with van der Waals surface area (Å²) in [5.41, 5.74) is 7.91. The summed E-state index contributed by atoms with van der Waals surface area (Å²) in [6.07, 6.45) is 1.63. The van der Waals surface area contributed by atoms with Crippen LogP contribution in [0.15, 0.2) is 47.8 Å². The molecule has 0 saturated carbocycles. The number of nitrogens with two attached hydrogens (primary N) is 1. The van der Waals surface area contributed by atoms with E-state index in [1.807, 2.05) is 37.3 Å². The van der Waals surface area contributed by atoms with Gasteiger partial charge in [0.05, 0.1) is 6.61 Å². The average molecular weight is 286 g/mol. The highest BCUT2D eigenvalue weighted by Gasteiger charge is 2.03. The molecule has 4 N–H and O–H groups in total. The van der Waals surface area contributed by atoms with E-state index in [1.54, 1.807) is 12.3 Å². The molecule has 0 spiro atoms. The molecule has 2 aromatic rings. The standard InChI is InChI=1S/C15H18N4O2/c1-2-21-13-5-3-4-12(9-13)18-10-11-6-7-17-14(8-11)15(16)19-20/h3-9,18,20H,2,10H2,1H3,(H2,16,19). The van der Waals surface area contributed by atoms with Crippen molar-refractivity contribution < 1.29 is 9.94 Å². The van der Waals surface area contributed by atoms with Crippen LogP contribution in [0.1, 0.15) is 18.2 Å². The molecule has 0 saturated heterocycles. The molecule has 0 atom stereocenters. The van der Waals surface area contributed by atoms with Crippen LogP contribution in [0, 0.1) is 0 Å². The summed E-state index contributed by atoms with van der Waals surface area (Å²) in [6.45, 7) is 3.19. The zero-order valence-corrected chi connectivity index (χ0v) is 11.8. The molecule has 1 aromatic carbocycles. The largest absolute Gasteiger partial charge is 0.494 e. The van der Waals surface area contributed by atoms with Gasteiger partial charge in [0.15, 0.2) is 5.84 Å². The monoisotopic (exact) mass is 286 g/mol. The van der Waals surface area contributed by atoms with E-state index < -0.39 is 0 Å². The molecule has 6 nitrogen and oxygen atoms in total. The molecule has 1 heterocycles. The number of anilines is 1. The lowest BCUT2D eigenvalue weighted by Crippen LogP contribution is -2.15. The van der Waals surface area contributed by atoms with Crippen molar-refractivity contribution in [2.75, 3.05) is 11.9 Å². The van der Waals surface area contributed by atoms with Gasteiger partial charge in [-0.15, -0.1) is 0 Å². The molecule has 0 aliphatic carbocycles. The van der Waals surface area contributed by atoms with Gasteiger partial charge in [0.25, 0.3) is 0 Å². The van der Waals surface area contributed by atoms with Gasteiger partial charge in [0.1, 0.15) is 11.4 Å². The van der Waals surface area contributed by atoms with E-state index in [2.05, 4.69) is 15.5 Å². The predicted octanol–water partition coefficient (Wildman–Crippen LogP) is 2.19. The Kier molecular flexibility index (Phi) is 4.98. The van der Waals surface area contributed by atoms with Crippen LogP contribution in [0.2, 0.25) is 0 Å². The molecule has 0 bridgehead atoms. The fourth-order valence-electron chi connectivity index (χ4n) is 1.84. The van der Waals surface area contributed by atoms with Crippen LogP contribution < -0.4 is 15.8 Å². The number of amidine groups is 1. The number of rotatable bonds is 6. The second-order valence-electron chi connectivity index (χ2n) is 4.35. The molecular weight excluding hydrogens is 268 g/mol. The Morgan fingerprint density at radius 2 is 2.24 bits per heavy atom. The summed E-state index contributed by atoms with van der Waals surface area (Å²) in [5.74, 6) is 0.824. The van der Waals surface area contributed by atoms with Crippen LogP contribution in [-0.2, 0) is 6.54 Å². The molecule has 2 rings (SSSR count). The fraction of sp³-hybridized carbons (Fsp3) is 0.200. The predicted molar refractivity (Wildman–Crippen MR) is 81.7 cm³/mol. The number of ether oxygens (including phenoxy) is 1. The van der Waals surface area contributed by atoms with Crippen molar-refractivity contribution in [3.05, 3.63) is 53.9 Å². The molecule has 21 heavy (non-hydrogen) atoms. The number of hydrogen-bond acceptors (Lipinski definition) is 5. The summed E-state index contributed by atoms with van der Waals surface area (Å²) in [5, 5.41) is 14.9. The lowest BCUT2D eigenvalue weighted by Gasteiger charge is -2.09. The number of hydrogen-bond donors (Lipinski definition) is 3. The lowest BCUT2D eigenvalue weighted by molar-refractivity contribution is 0.318. The Labute approximate surface area is 123 Å². The zero-order chi connectivity index (χ0) is 15.1. The SMILES string of the molecule is CCOc1cccc(NCc2ccnc(C(N)=NO)c2)c1. The van der Waals surface area contributed by atoms with Crippen molar-refractivity contribution in [1.82, 2.24) is 4.98 Å². The van der Waals surface area contributed by atoms with Crippen LogP contribution in [0.4, 0.5) is 5.69 Å². The van der Waals surface area contributed by atoms with E-state index in [0.29, 0.717) is 18.8 Å². The van der Waals surface area contributed by atoms with Crippen LogP contribution in [0.25, 0.3) is 0 Å². The highest BCUT2D eigenvalue weighted by molar-refractivity contribution is 5.95. The fourth-order valence-corrected chi connectivity index (χ4v) is 1.84. The molecule has 0 aliphatic rings. The molecular formula is C15H18N4O2. The first-order chi connectivity index (χ1) is 10.2. The molecule has 1 aromatic heterocycles. The highest BCUT2D eigenvalue weighted by Crippen LogP contribution is 2.18. The smallest absolute Gasteiger partial charge is 0.188 e. The van der Waals surface area contributed by atoms with Gasteiger partial charge in [-0.25, -0.2) is 0 Å². The van der Waals surface area contributed by atoms with Crippen molar-refractivity contribution in [3.63, 3.8) is 0 Å². The van der Waals surface area contributed by atoms with Crippen LogP contribution >= 0.6 is 0 Å². The third-order valence-electron chi connectivity index (χ3n) is 2.84. The summed E-state index contributed by atoms with van der Waals surface area (Å²) in [7, 11) is 0. The first-order valence-electron chi connectivity index (χ1n) is 6.62. The van der Waals surface area contributed by atoms with Gasteiger partial charge in [-0.2, -0.15) is 0 Å². The van der Waals surface area contributed by atoms with Gasteiger partial charge in [0.2, 0.25) is 0 Å². The maximum Gasteiger partial charge on any atom is 0.188 e. The third-order valence-corrected chi connectivity index (χ3v) is 2.84. The molecule has 0 radical (unpaired) electrons. The summed E-state index contributed by atoms with van der Waals surface area (Å²) < 4.78 is 5.45. The van der Waals surface area contributed by atoms with Crippen LogP contribution in [0.3, 0.4) is 0 Å². The van der Waals surface area contributed by atoms with E-state index in [4.69, 9.17) is 15.7 Å². The van der Waals surface area contributed by atoms with Gasteiger partial charge in [-0.1, -0.05) is 11.2 Å². The van der Waals surface area contributed by atoms with Crippen molar-refractivity contribution in [2.45, 2.75) is 13.5 Å². The van der Waals surface area contributed by atoms with Crippen molar-refractivity contribution in [3.8, 4) is 5.75 Å². The van der Waals surface area contributed by atoms with E-state index in [1.165, 1.54) is 0 Å². The topological polar surface area (TPSA) is 92.8 Å². The number of pyridine rings is 1. The van der Waals surface area contributed by atoms with Crippen molar-refractivity contribution >= 4 is 11.5 Å². The maximum absolute atomic E-state index is 8.66. The molecule has 110 valence electrons. The van der Waals surface area contributed by atoms with Gasteiger partial charge in [-0.05, 0) is 36.8 Å². The normalized spacial score (nSPS) is 11.2. The minimum Gasteiger partial charge on any atom is -0.494 e. The average Bonchev–Trinajstić information content (AvgIpc) is 2.53. The summed E-state index contributed by atoms with van der Waals surface area (Å²) >= 11 is 0. The number of nitrogens with zero attached hydrogens (tertiary/aromatic N) is 2. The molecule has 0 aliphatic heterocycles. The Balaban J connectivity index is 2.04. The van der Waals surface area contributed by atoms with Crippen LogP contribution in [0.5, 0.6) is 5.75 Å². The Hall–Kier alpha value is -2.76. The highest BCUT2D eigenvalue weighted by atomic mass is 16.5. The quantitative estimate of drug-likeness (QED) is 0.327. The van der Waals surface area contributed by atoms with Gasteiger partial charge in [0, 0.05) is 24.5 Å². The number of aromatic nitrogens is 1. The Morgan fingerprint density at radius 3 is 3.00 bits per heavy atom. The van der Waals surface area contributed by atoms with E-state index in [0.717, 1.165) is 17.0 Å². The van der Waals surface area contributed by atoms with E-state index in [9.17, 15) is 0 Å². The number of benzene rings is 1. The first kappa shape index (κ1) is 14.6. The minimum absolute atomic E-state index is 0.00445. The van der Waals surface area contributed by atoms with Crippen molar-refractivity contribution in [1.29, 1.82) is 0 Å². The molecule has 0 amide bonds. The second-order valence-corrected chi connectivity index (χ2v) is 4.35. The lowest BCUT2D eigenvalue weighted by atomic mass is 10.2. The first-order valence-corrected chi connectivity index (χ1v) is 6.62. The Bertz CT molecular complexity index is 629. The van der Waals surface area contributed by atoms with Gasteiger partial charge >= 0.3 is 0 Å². The van der Waals surface area contributed by atoms with Crippen molar-refractivity contribution in [2.24, 2.45) is 10.9 Å². The zero-order valence-electron chi connectivity index (χ0n) is 11.8. The number of oxime groups is 1. The Morgan fingerprint density at radius 1 is 1.38 bits per heavy atom. The van der Waals surface area contributed by atoms with E-state index in [-0.39, 0.29) is 5.84 Å². The summed E-state index contributed by atoms with van der Waals surface area (Å²) in [4.78, 5) is 4.04. The van der Waals surface area contributed by atoms with Crippen LogP contribution in [-0.4, -0.2) is 22.6 Å². The number of nitrogens with one attached hydrogen (secondary N) is 1. The minimum atomic E-state index is -0.00445.